The maximum atomic E-state index is 13.8. The third kappa shape index (κ3) is 3.43. The molecular formula is C12H17FN2O3S. The molecule has 19 heavy (non-hydrogen) atoms. The molecule has 1 fully saturated rings. The standard InChI is InChI=1S/C12H17FN2O3S/c1-12(5-2-6-18-12)8-15-11-4-3-9(7-10(11)13)19(14,16)17/h3-4,7,15H,2,5-6,8H2,1H3,(H2,14,16,17). The van der Waals surface area contributed by atoms with Crippen LogP contribution >= 0.6 is 0 Å². The lowest BCUT2D eigenvalue weighted by atomic mass is 10.0. The number of halogens is 1. The van der Waals surface area contributed by atoms with E-state index in [1.54, 1.807) is 0 Å². The zero-order valence-corrected chi connectivity index (χ0v) is 11.5. The smallest absolute Gasteiger partial charge is 0.238 e. The van der Waals surface area contributed by atoms with E-state index in [2.05, 4.69) is 5.32 Å². The largest absolute Gasteiger partial charge is 0.380 e. The van der Waals surface area contributed by atoms with Crippen LogP contribution in [0.1, 0.15) is 19.8 Å². The van der Waals surface area contributed by atoms with Crippen LogP contribution < -0.4 is 10.5 Å². The van der Waals surface area contributed by atoms with E-state index in [0.717, 1.165) is 18.9 Å². The molecule has 0 bridgehead atoms. The lowest BCUT2D eigenvalue weighted by molar-refractivity contribution is 0.0315. The van der Waals surface area contributed by atoms with Gasteiger partial charge in [0.05, 0.1) is 16.2 Å². The first-order valence-corrected chi connectivity index (χ1v) is 7.55. The van der Waals surface area contributed by atoms with Crippen LogP contribution in [0.25, 0.3) is 0 Å². The molecule has 0 radical (unpaired) electrons. The summed E-state index contributed by atoms with van der Waals surface area (Å²) in [6, 6.07) is 3.56. The van der Waals surface area contributed by atoms with Crippen molar-refractivity contribution in [2.45, 2.75) is 30.3 Å². The first kappa shape index (κ1) is 14.2. The van der Waals surface area contributed by atoms with Crippen LogP contribution in [-0.2, 0) is 14.8 Å². The summed E-state index contributed by atoms with van der Waals surface area (Å²) in [5.74, 6) is -0.645. The zero-order chi connectivity index (χ0) is 14.1. The van der Waals surface area contributed by atoms with Crippen molar-refractivity contribution in [3.05, 3.63) is 24.0 Å². The number of sulfonamides is 1. The normalized spacial score (nSPS) is 23.5. The van der Waals surface area contributed by atoms with E-state index in [1.165, 1.54) is 12.1 Å². The van der Waals surface area contributed by atoms with E-state index in [9.17, 15) is 12.8 Å². The van der Waals surface area contributed by atoms with E-state index in [1.807, 2.05) is 6.92 Å². The fraction of sp³-hybridized carbons (Fsp3) is 0.500. The van der Waals surface area contributed by atoms with Crippen LogP contribution in [0.4, 0.5) is 10.1 Å². The van der Waals surface area contributed by atoms with Gasteiger partial charge in [0.15, 0.2) is 0 Å². The maximum absolute atomic E-state index is 13.8. The van der Waals surface area contributed by atoms with Crippen LogP contribution in [0.5, 0.6) is 0 Å². The highest BCUT2D eigenvalue weighted by molar-refractivity contribution is 7.89. The molecule has 3 N–H and O–H groups in total. The molecule has 1 saturated heterocycles. The van der Waals surface area contributed by atoms with Gasteiger partial charge in [-0.1, -0.05) is 0 Å². The summed E-state index contributed by atoms with van der Waals surface area (Å²) in [6.45, 7) is 3.15. The average molecular weight is 288 g/mol. The molecule has 1 aliphatic heterocycles. The second-order valence-corrected chi connectivity index (χ2v) is 6.50. The van der Waals surface area contributed by atoms with Crippen LogP contribution in [0.2, 0.25) is 0 Å². The number of rotatable bonds is 4. The first-order chi connectivity index (χ1) is 8.80. The molecule has 106 valence electrons. The molecule has 1 aromatic rings. The molecule has 0 spiro atoms. The van der Waals surface area contributed by atoms with Gasteiger partial charge in [-0.05, 0) is 38.0 Å². The average Bonchev–Trinajstić information content (AvgIpc) is 2.74. The van der Waals surface area contributed by atoms with Crippen LogP contribution in [0.3, 0.4) is 0 Å². The Morgan fingerprint density at radius 1 is 1.53 bits per heavy atom. The van der Waals surface area contributed by atoms with Gasteiger partial charge in [-0.25, -0.2) is 17.9 Å². The van der Waals surface area contributed by atoms with E-state index >= 15 is 0 Å². The van der Waals surface area contributed by atoms with Gasteiger partial charge in [0.2, 0.25) is 10.0 Å². The fourth-order valence-electron chi connectivity index (χ4n) is 2.07. The summed E-state index contributed by atoms with van der Waals surface area (Å²) < 4.78 is 41.5. The number of nitrogens with two attached hydrogens (primary N) is 1. The molecule has 1 atom stereocenters. The molecule has 1 heterocycles. The Labute approximate surface area is 112 Å². The summed E-state index contributed by atoms with van der Waals surface area (Å²) >= 11 is 0. The first-order valence-electron chi connectivity index (χ1n) is 6.00. The third-order valence-corrected chi connectivity index (χ3v) is 4.13. The Morgan fingerprint density at radius 3 is 2.79 bits per heavy atom. The van der Waals surface area contributed by atoms with Crippen molar-refractivity contribution in [3.63, 3.8) is 0 Å². The molecular weight excluding hydrogens is 271 g/mol. The Hall–Kier alpha value is -1.18. The minimum atomic E-state index is -3.88. The minimum absolute atomic E-state index is 0.237. The second-order valence-electron chi connectivity index (χ2n) is 4.94. The van der Waals surface area contributed by atoms with E-state index < -0.39 is 15.8 Å². The van der Waals surface area contributed by atoms with Crippen molar-refractivity contribution in [2.75, 3.05) is 18.5 Å². The van der Waals surface area contributed by atoms with Gasteiger partial charge in [-0.3, -0.25) is 0 Å². The Balaban J connectivity index is 2.09. The molecule has 1 aliphatic rings. The van der Waals surface area contributed by atoms with Crippen molar-refractivity contribution in [1.82, 2.24) is 0 Å². The molecule has 0 aliphatic carbocycles. The highest BCUT2D eigenvalue weighted by Gasteiger charge is 2.29. The summed E-state index contributed by atoms with van der Waals surface area (Å²) in [5.41, 5.74) is -0.0606. The number of ether oxygens (including phenoxy) is 1. The van der Waals surface area contributed by atoms with Gasteiger partial charge >= 0.3 is 0 Å². The SMILES string of the molecule is CC1(CNc2ccc(S(N)(=O)=O)cc2F)CCCO1. The second kappa shape index (κ2) is 5.07. The van der Waals surface area contributed by atoms with Crippen molar-refractivity contribution < 1.29 is 17.5 Å². The van der Waals surface area contributed by atoms with Crippen molar-refractivity contribution in [3.8, 4) is 0 Å². The third-order valence-electron chi connectivity index (χ3n) is 3.22. The minimum Gasteiger partial charge on any atom is -0.380 e. The van der Waals surface area contributed by atoms with Gasteiger partial charge in [0.25, 0.3) is 0 Å². The van der Waals surface area contributed by atoms with Crippen LogP contribution in [0.15, 0.2) is 23.1 Å². The molecule has 5 nitrogen and oxygen atoms in total. The van der Waals surface area contributed by atoms with E-state index in [4.69, 9.17) is 9.88 Å². The van der Waals surface area contributed by atoms with Gasteiger partial charge in [0, 0.05) is 13.2 Å². The van der Waals surface area contributed by atoms with Gasteiger partial charge in [0.1, 0.15) is 5.82 Å². The number of hydrogen-bond acceptors (Lipinski definition) is 4. The topological polar surface area (TPSA) is 81.4 Å². The molecule has 0 saturated carbocycles. The highest BCUT2D eigenvalue weighted by atomic mass is 32.2. The number of nitrogens with one attached hydrogen (secondary N) is 1. The molecule has 0 aromatic heterocycles. The number of hydrogen-bond donors (Lipinski definition) is 2. The molecule has 7 heteroatoms. The van der Waals surface area contributed by atoms with Gasteiger partial charge in [-0.2, -0.15) is 0 Å². The fourth-order valence-corrected chi connectivity index (χ4v) is 2.60. The van der Waals surface area contributed by atoms with E-state index in [0.29, 0.717) is 13.2 Å². The van der Waals surface area contributed by atoms with E-state index in [-0.39, 0.29) is 16.2 Å². The van der Waals surface area contributed by atoms with Crippen molar-refractivity contribution in [1.29, 1.82) is 0 Å². The molecule has 1 unspecified atom stereocenters. The van der Waals surface area contributed by atoms with Crippen molar-refractivity contribution >= 4 is 15.7 Å². The predicted octanol–water partition coefficient (Wildman–Crippen LogP) is 1.45. The summed E-state index contributed by atoms with van der Waals surface area (Å²) in [6.07, 6.45) is 1.90. The summed E-state index contributed by atoms with van der Waals surface area (Å²) in [5, 5.41) is 7.87. The summed E-state index contributed by atoms with van der Waals surface area (Å²) in [7, 11) is -3.88. The maximum Gasteiger partial charge on any atom is 0.238 e. The van der Waals surface area contributed by atoms with Crippen molar-refractivity contribution in [2.24, 2.45) is 5.14 Å². The monoisotopic (exact) mass is 288 g/mol. The molecule has 1 aromatic carbocycles. The summed E-state index contributed by atoms with van der Waals surface area (Å²) in [4.78, 5) is -0.237. The zero-order valence-electron chi connectivity index (χ0n) is 10.6. The molecule has 0 amide bonds. The van der Waals surface area contributed by atoms with Crippen LogP contribution in [0, 0.1) is 5.82 Å². The highest BCUT2D eigenvalue weighted by Crippen LogP contribution is 2.26. The van der Waals surface area contributed by atoms with Crippen LogP contribution in [-0.4, -0.2) is 27.2 Å². The predicted molar refractivity (Wildman–Crippen MR) is 69.9 cm³/mol. The number of primary sulfonamides is 1. The quantitative estimate of drug-likeness (QED) is 0.878. The Bertz CT molecular complexity index is 568. The lowest BCUT2D eigenvalue weighted by Gasteiger charge is -2.24. The molecule has 2 rings (SSSR count). The van der Waals surface area contributed by atoms with Gasteiger partial charge in [-0.15, -0.1) is 0 Å². The number of anilines is 1. The Kier molecular flexibility index (Phi) is 3.80. The number of benzene rings is 1. The Morgan fingerprint density at radius 2 is 2.26 bits per heavy atom. The van der Waals surface area contributed by atoms with Gasteiger partial charge < -0.3 is 10.1 Å². The lowest BCUT2D eigenvalue weighted by Crippen LogP contribution is -2.32.